The number of hydrogen-bond acceptors (Lipinski definition) is 4. The first kappa shape index (κ1) is 8.89. The van der Waals surface area contributed by atoms with Crippen molar-refractivity contribution in [2.75, 3.05) is 12.4 Å². The molecule has 14 heavy (non-hydrogen) atoms. The van der Waals surface area contributed by atoms with Gasteiger partial charge in [-0.25, -0.2) is 4.79 Å². The molecule has 0 aliphatic rings. The predicted octanol–water partition coefficient (Wildman–Crippen LogP) is 1.44. The number of amides is 2. The second-order valence-electron chi connectivity index (χ2n) is 2.67. The van der Waals surface area contributed by atoms with Gasteiger partial charge in [0.2, 0.25) is 0 Å². The molecule has 5 nitrogen and oxygen atoms in total. The van der Waals surface area contributed by atoms with Crippen LogP contribution in [0.15, 0.2) is 18.2 Å². The Kier molecular flexibility index (Phi) is 2.28. The number of fused-ring (bicyclic) bond motifs is 1. The van der Waals surface area contributed by atoms with Gasteiger partial charge in [0.25, 0.3) is 0 Å². The Balaban J connectivity index is 2.30. The van der Waals surface area contributed by atoms with Crippen LogP contribution in [0.25, 0.3) is 11.0 Å². The van der Waals surface area contributed by atoms with E-state index in [1.807, 2.05) is 6.07 Å². The van der Waals surface area contributed by atoms with Crippen molar-refractivity contribution in [3.05, 3.63) is 18.2 Å². The molecule has 0 radical (unpaired) electrons. The van der Waals surface area contributed by atoms with Gasteiger partial charge in [-0.1, -0.05) is 0 Å². The zero-order valence-electron chi connectivity index (χ0n) is 7.44. The predicted molar refractivity (Wildman–Crippen MR) is 55.5 cm³/mol. The summed E-state index contributed by atoms with van der Waals surface area (Å²) < 4.78 is 8.13. The van der Waals surface area contributed by atoms with Crippen LogP contribution in [-0.4, -0.2) is 21.8 Å². The van der Waals surface area contributed by atoms with Gasteiger partial charge in [-0.05, 0) is 18.2 Å². The summed E-state index contributed by atoms with van der Waals surface area (Å²) in [7, 11) is 1.57. The molecule has 2 aromatic rings. The number of rotatable bonds is 1. The Morgan fingerprint density at radius 3 is 2.93 bits per heavy atom. The van der Waals surface area contributed by atoms with Gasteiger partial charge in [-0.15, -0.1) is 0 Å². The molecule has 0 aliphatic heterocycles. The Morgan fingerprint density at radius 1 is 1.36 bits per heavy atom. The van der Waals surface area contributed by atoms with Crippen LogP contribution in [0, 0.1) is 0 Å². The first-order valence-electron chi connectivity index (χ1n) is 4.00. The largest absolute Gasteiger partial charge is 0.341 e. The van der Waals surface area contributed by atoms with E-state index < -0.39 is 0 Å². The maximum atomic E-state index is 11.0. The maximum absolute atomic E-state index is 11.0. The molecule has 2 amide bonds. The number of carbonyl (C=O) groups is 1. The molecule has 0 bridgehead atoms. The van der Waals surface area contributed by atoms with Crippen molar-refractivity contribution in [1.29, 1.82) is 0 Å². The van der Waals surface area contributed by atoms with Gasteiger partial charge in [0, 0.05) is 12.7 Å². The molecule has 1 heterocycles. The van der Waals surface area contributed by atoms with Crippen LogP contribution in [0.1, 0.15) is 0 Å². The molecule has 0 aliphatic carbocycles. The molecular weight excluding hydrogens is 200 g/mol. The average Bonchev–Trinajstić information content (AvgIpc) is 2.64. The third-order valence-electron chi connectivity index (χ3n) is 1.74. The van der Waals surface area contributed by atoms with E-state index in [1.165, 1.54) is 0 Å². The van der Waals surface area contributed by atoms with Crippen LogP contribution >= 0.6 is 11.7 Å². The van der Waals surface area contributed by atoms with Crippen molar-refractivity contribution in [2.45, 2.75) is 0 Å². The van der Waals surface area contributed by atoms with E-state index in [4.69, 9.17) is 0 Å². The number of benzene rings is 1. The summed E-state index contributed by atoms with van der Waals surface area (Å²) in [5.74, 6) is 0. The highest BCUT2D eigenvalue weighted by Crippen LogP contribution is 2.16. The molecule has 0 atom stereocenters. The normalized spacial score (nSPS) is 10.1. The van der Waals surface area contributed by atoms with Gasteiger partial charge >= 0.3 is 6.03 Å². The van der Waals surface area contributed by atoms with Crippen molar-refractivity contribution >= 4 is 34.5 Å². The fourth-order valence-electron chi connectivity index (χ4n) is 1.05. The number of hydrogen-bond donors (Lipinski definition) is 2. The van der Waals surface area contributed by atoms with Gasteiger partial charge in [0.1, 0.15) is 11.0 Å². The molecule has 1 aromatic carbocycles. The summed E-state index contributed by atoms with van der Waals surface area (Å²) in [5, 5.41) is 5.13. The highest BCUT2D eigenvalue weighted by Gasteiger charge is 2.02. The molecule has 2 rings (SSSR count). The van der Waals surface area contributed by atoms with Crippen molar-refractivity contribution < 1.29 is 4.79 Å². The zero-order valence-corrected chi connectivity index (χ0v) is 8.26. The minimum Gasteiger partial charge on any atom is -0.341 e. The summed E-state index contributed by atoms with van der Waals surface area (Å²) in [6.45, 7) is 0. The number of nitrogens with zero attached hydrogens (tertiary/aromatic N) is 2. The monoisotopic (exact) mass is 208 g/mol. The highest BCUT2D eigenvalue weighted by atomic mass is 32.1. The first-order chi connectivity index (χ1) is 6.79. The van der Waals surface area contributed by atoms with E-state index in [1.54, 1.807) is 19.2 Å². The SMILES string of the molecule is CNC(=O)Nc1ccc2nsnc2c1. The quantitative estimate of drug-likeness (QED) is 0.745. The van der Waals surface area contributed by atoms with Gasteiger partial charge in [0.05, 0.1) is 11.7 Å². The molecule has 2 N–H and O–H groups in total. The standard InChI is InChI=1S/C8H8N4OS/c1-9-8(13)10-5-2-3-6-7(4-5)12-14-11-6/h2-4H,1H3,(H2,9,10,13). The number of aromatic nitrogens is 2. The zero-order chi connectivity index (χ0) is 9.97. The molecule has 0 unspecified atom stereocenters. The summed E-state index contributed by atoms with van der Waals surface area (Å²) >= 11 is 1.16. The third kappa shape index (κ3) is 1.64. The number of carbonyl (C=O) groups excluding carboxylic acids is 1. The molecule has 0 fully saturated rings. The molecule has 0 spiro atoms. The van der Waals surface area contributed by atoms with Gasteiger partial charge < -0.3 is 10.6 Å². The molecule has 1 aromatic heterocycles. The molecule has 0 saturated carbocycles. The molecular formula is C8H8N4OS. The highest BCUT2D eigenvalue weighted by molar-refractivity contribution is 7.00. The number of urea groups is 1. The first-order valence-corrected chi connectivity index (χ1v) is 4.73. The fraction of sp³-hybridized carbons (Fsp3) is 0.125. The summed E-state index contributed by atoms with van der Waals surface area (Å²) in [6.07, 6.45) is 0. The van der Waals surface area contributed by atoms with Gasteiger partial charge in [-0.3, -0.25) is 0 Å². The van der Waals surface area contributed by atoms with E-state index >= 15 is 0 Å². The van der Waals surface area contributed by atoms with Crippen molar-refractivity contribution in [1.82, 2.24) is 14.1 Å². The number of nitrogens with one attached hydrogen (secondary N) is 2. The van der Waals surface area contributed by atoms with E-state index in [0.717, 1.165) is 22.8 Å². The lowest BCUT2D eigenvalue weighted by Crippen LogP contribution is -2.24. The van der Waals surface area contributed by atoms with Crippen LogP contribution in [0.4, 0.5) is 10.5 Å². The molecule has 6 heteroatoms. The molecule has 72 valence electrons. The van der Waals surface area contributed by atoms with Crippen LogP contribution in [0.5, 0.6) is 0 Å². The van der Waals surface area contributed by atoms with E-state index in [9.17, 15) is 4.79 Å². The summed E-state index contributed by atoms with van der Waals surface area (Å²) in [6, 6.07) is 5.16. The lowest BCUT2D eigenvalue weighted by Gasteiger charge is -2.02. The summed E-state index contributed by atoms with van der Waals surface area (Å²) in [4.78, 5) is 11.0. The summed E-state index contributed by atoms with van der Waals surface area (Å²) in [5.41, 5.74) is 2.35. The Morgan fingerprint density at radius 2 is 2.14 bits per heavy atom. The van der Waals surface area contributed by atoms with Crippen LogP contribution < -0.4 is 10.6 Å². The van der Waals surface area contributed by atoms with Crippen LogP contribution in [0.3, 0.4) is 0 Å². The molecule has 0 saturated heterocycles. The number of anilines is 1. The van der Waals surface area contributed by atoms with Crippen molar-refractivity contribution in [3.63, 3.8) is 0 Å². The van der Waals surface area contributed by atoms with Crippen LogP contribution in [0.2, 0.25) is 0 Å². The Bertz CT molecular complexity index is 467. The second kappa shape index (κ2) is 3.59. The second-order valence-corrected chi connectivity index (χ2v) is 3.20. The maximum Gasteiger partial charge on any atom is 0.318 e. The van der Waals surface area contributed by atoms with Crippen LogP contribution in [-0.2, 0) is 0 Å². The third-order valence-corrected chi connectivity index (χ3v) is 2.30. The lowest BCUT2D eigenvalue weighted by molar-refractivity contribution is 0.254. The van der Waals surface area contributed by atoms with Gasteiger partial charge in [-0.2, -0.15) is 8.75 Å². The topological polar surface area (TPSA) is 66.9 Å². The lowest BCUT2D eigenvalue weighted by atomic mass is 10.3. The van der Waals surface area contributed by atoms with Crippen molar-refractivity contribution in [2.24, 2.45) is 0 Å². The van der Waals surface area contributed by atoms with E-state index in [0.29, 0.717) is 5.69 Å². The van der Waals surface area contributed by atoms with Gasteiger partial charge in [0.15, 0.2) is 0 Å². The van der Waals surface area contributed by atoms with Crippen molar-refractivity contribution in [3.8, 4) is 0 Å². The Hall–Kier alpha value is -1.69. The van der Waals surface area contributed by atoms with E-state index in [-0.39, 0.29) is 6.03 Å². The fourth-order valence-corrected chi connectivity index (χ4v) is 1.57. The van der Waals surface area contributed by atoms with E-state index in [2.05, 4.69) is 19.4 Å². The Labute approximate surface area is 84.5 Å². The minimum absolute atomic E-state index is 0.243. The smallest absolute Gasteiger partial charge is 0.318 e. The minimum atomic E-state index is -0.243. The average molecular weight is 208 g/mol.